The second kappa shape index (κ2) is 4.14. The molecule has 0 saturated heterocycles. The molecule has 0 aromatic carbocycles. The summed E-state index contributed by atoms with van der Waals surface area (Å²) in [6.07, 6.45) is 1.37. The molecular formula is C9H8ClNO2. The third-order valence-electron chi connectivity index (χ3n) is 1.47. The Labute approximate surface area is 80.7 Å². The van der Waals surface area contributed by atoms with Gasteiger partial charge in [-0.05, 0) is 19.1 Å². The van der Waals surface area contributed by atoms with Gasteiger partial charge in [-0.3, -0.25) is 9.59 Å². The van der Waals surface area contributed by atoms with E-state index in [9.17, 15) is 9.59 Å². The maximum atomic E-state index is 11.3. The molecule has 3 nitrogen and oxygen atoms in total. The van der Waals surface area contributed by atoms with E-state index in [-0.39, 0.29) is 23.1 Å². The van der Waals surface area contributed by atoms with Gasteiger partial charge in [-0.2, -0.15) is 0 Å². The third-order valence-corrected chi connectivity index (χ3v) is 1.77. The summed E-state index contributed by atoms with van der Waals surface area (Å²) in [5.74, 6) is -0.462. The zero-order valence-corrected chi connectivity index (χ0v) is 7.84. The molecule has 68 valence electrons. The maximum Gasteiger partial charge on any atom is 0.173 e. The van der Waals surface area contributed by atoms with Crippen molar-refractivity contribution in [2.24, 2.45) is 0 Å². The largest absolute Gasteiger partial charge is 0.300 e. The van der Waals surface area contributed by atoms with Gasteiger partial charge in [0.1, 0.15) is 10.9 Å². The molecule has 0 bridgehead atoms. The van der Waals surface area contributed by atoms with Crippen molar-refractivity contribution in [1.29, 1.82) is 0 Å². The zero-order chi connectivity index (χ0) is 9.84. The molecule has 1 heterocycles. The standard InChI is InChI=1S/C9H8ClNO2/c1-6(12)5-8(13)7-3-2-4-11-9(7)10/h2-4H,5H2,1H3. The molecule has 1 aromatic heterocycles. The monoisotopic (exact) mass is 197 g/mol. The number of carbonyl (C=O) groups excluding carboxylic acids is 2. The Morgan fingerprint density at radius 2 is 2.23 bits per heavy atom. The Morgan fingerprint density at radius 3 is 2.77 bits per heavy atom. The van der Waals surface area contributed by atoms with E-state index >= 15 is 0 Å². The summed E-state index contributed by atoms with van der Waals surface area (Å²) in [5, 5.41) is 0.147. The van der Waals surface area contributed by atoms with Gasteiger partial charge in [0.15, 0.2) is 5.78 Å². The second-order valence-electron chi connectivity index (χ2n) is 2.64. The molecular weight excluding hydrogens is 190 g/mol. The summed E-state index contributed by atoms with van der Waals surface area (Å²) in [5.41, 5.74) is 0.305. The zero-order valence-electron chi connectivity index (χ0n) is 7.08. The minimum Gasteiger partial charge on any atom is -0.300 e. The van der Waals surface area contributed by atoms with Crippen LogP contribution in [0.3, 0.4) is 0 Å². The van der Waals surface area contributed by atoms with Crippen LogP contribution in [0.15, 0.2) is 18.3 Å². The lowest BCUT2D eigenvalue weighted by atomic mass is 10.1. The Balaban J connectivity index is 2.89. The number of carbonyl (C=O) groups is 2. The van der Waals surface area contributed by atoms with E-state index in [2.05, 4.69) is 4.98 Å². The van der Waals surface area contributed by atoms with Crippen LogP contribution in [-0.4, -0.2) is 16.6 Å². The molecule has 1 aromatic rings. The number of aromatic nitrogens is 1. The molecule has 0 atom stereocenters. The van der Waals surface area contributed by atoms with E-state index in [1.54, 1.807) is 12.1 Å². The molecule has 0 aliphatic rings. The fraction of sp³-hybridized carbons (Fsp3) is 0.222. The minimum absolute atomic E-state index is 0.120. The molecule has 0 aliphatic carbocycles. The molecule has 0 saturated carbocycles. The number of rotatable bonds is 3. The molecule has 0 fully saturated rings. The van der Waals surface area contributed by atoms with Crippen molar-refractivity contribution in [1.82, 2.24) is 4.98 Å². The SMILES string of the molecule is CC(=O)CC(=O)c1cccnc1Cl. The van der Waals surface area contributed by atoms with Crippen LogP contribution in [0.5, 0.6) is 0 Å². The first-order valence-corrected chi connectivity index (χ1v) is 4.12. The Hall–Kier alpha value is -1.22. The molecule has 0 spiro atoms. The quantitative estimate of drug-likeness (QED) is 0.422. The van der Waals surface area contributed by atoms with Crippen LogP contribution in [-0.2, 0) is 4.79 Å². The molecule has 1 rings (SSSR count). The summed E-state index contributed by atoms with van der Waals surface area (Å²) in [4.78, 5) is 25.7. The molecule has 13 heavy (non-hydrogen) atoms. The van der Waals surface area contributed by atoms with Gasteiger partial charge in [-0.1, -0.05) is 11.6 Å². The van der Waals surface area contributed by atoms with Crippen LogP contribution in [0.2, 0.25) is 5.15 Å². The van der Waals surface area contributed by atoms with Gasteiger partial charge in [-0.15, -0.1) is 0 Å². The number of hydrogen-bond donors (Lipinski definition) is 0. The average Bonchev–Trinajstić information content (AvgIpc) is 2.03. The van der Waals surface area contributed by atoms with Crippen LogP contribution in [0.4, 0.5) is 0 Å². The highest BCUT2D eigenvalue weighted by atomic mass is 35.5. The Morgan fingerprint density at radius 1 is 1.54 bits per heavy atom. The van der Waals surface area contributed by atoms with Crippen LogP contribution < -0.4 is 0 Å². The van der Waals surface area contributed by atoms with E-state index in [1.165, 1.54) is 13.1 Å². The highest BCUT2D eigenvalue weighted by Gasteiger charge is 2.11. The van der Waals surface area contributed by atoms with Gasteiger partial charge in [0.25, 0.3) is 0 Å². The lowest BCUT2D eigenvalue weighted by Crippen LogP contribution is -2.05. The van der Waals surface area contributed by atoms with Crippen LogP contribution >= 0.6 is 11.6 Å². The second-order valence-corrected chi connectivity index (χ2v) is 3.00. The lowest BCUT2D eigenvalue weighted by Gasteiger charge is -1.99. The van der Waals surface area contributed by atoms with Crippen LogP contribution in [0, 0.1) is 0 Å². The van der Waals surface area contributed by atoms with Gasteiger partial charge >= 0.3 is 0 Å². The number of pyridine rings is 1. The van der Waals surface area contributed by atoms with Crippen molar-refractivity contribution in [3.63, 3.8) is 0 Å². The van der Waals surface area contributed by atoms with Crippen molar-refractivity contribution in [2.45, 2.75) is 13.3 Å². The van der Waals surface area contributed by atoms with Gasteiger partial charge < -0.3 is 0 Å². The summed E-state index contributed by atoms with van der Waals surface area (Å²) >= 11 is 5.66. The summed E-state index contributed by atoms with van der Waals surface area (Å²) in [6, 6.07) is 3.17. The molecule has 0 unspecified atom stereocenters. The number of Topliss-reactive ketones (excluding diaryl/α,β-unsaturated/α-hetero) is 2. The van der Waals surface area contributed by atoms with E-state index in [0.717, 1.165) is 0 Å². The number of hydrogen-bond acceptors (Lipinski definition) is 3. The van der Waals surface area contributed by atoms with Gasteiger partial charge in [0, 0.05) is 6.20 Å². The summed E-state index contributed by atoms with van der Waals surface area (Å²) in [7, 11) is 0. The normalized spacial score (nSPS) is 9.69. The maximum absolute atomic E-state index is 11.3. The third kappa shape index (κ3) is 2.63. The first-order valence-electron chi connectivity index (χ1n) is 3.74. The fourth-order valence-electron chi connectivity index (χ4n) is 0.915. The molecule has 0 N–H and O–H groups in total. The van der Waals surface area contributed by atoms with E-state index in [0.29, 0.717) is 5.56 Å². The Kier molecular flexibility index (Phi) is 3.14. The summed E-state index contributed by atoms with van der Waals surface area (Å²) in [6.45, 7) is 1.36. The molecule has 4 heteroatoms. The topological polar surface area (TPSA) is 47.0 Å². The van der Waals surface area contributed by atoms with Crippen molar-refractivity contribution >= 4 is 23.2 Å². The highest BCUT2D eigenvalue weighted by Crippen LogP contribution is 2.13. The predicted octanol–water partition coefficient (Wildman–Crippen LogP) is 1.90. The molecule has 0 radical (unpaired) electrons. The molecule has 0 amide bonds. The first-order chi connectivity index (χ1) is 6.11. The van der Waals surface area contributed by atoms with Crippen LogP contribution in [0.25, 0.3) is 0 Å². The van der Waals surface area contributed by atoms with E-state index < -0.39 is 0 Å². The van der Waals surface area contributed by atoms with Gasteiger partial charge in [0.05, 0.1) is 12.0 Å². The highest BCUT2D eigenvalue weighted by molar-refractivity contribution is 6.33. The van der Waals surface area contributed by atoms with Crippen molar-refractivity contribution in [2.75, 3.05) is 0 Å². The number of halogens is 1. The lowest BCUT2D eigenvalue weighted by molar-refractivity contribution is -0.116. The molecule has 0 aliphatic heterocycles. The Bertz CT molecular complexity index is 349. The smallest absolute Gasteiger partial charge is 0.173 e. The van der Waals surface area contributed by atoms with Gasteiger partial charge in [0.2, 0.25) is 0 Å². The van der Waals surface area contributed by atoms with Gasteiger partial charge in [-0.25, -0.2) is 4.98 Å². The van der Waals surface area contributed by atoms with E-state index in [1.807, 2.05) is 0 Å². The average molecular weight is 198 g/mol. The predicted molar refractivity (Wildman–Crippen MR) is 48.9 cm³/mol. The fourth-order valence-corrected chi connectivity index (χ4v) is 1.14. The summed E-state index contributed by atoms with van der Waals surface area (Å²) < 4.78 is 0. The van der Waals surface area contributed by atoms with Crippen molar-refractivity contribution < 1.29 is 9.59 Å². The van der Waals surface area contributed by atoms with Crippen LogP contribution in [0.1, 0.15) is 23.7 Å². The van der Waals surface area contributed by atoms with E-state index in [4.69, 9.17) is 11.6 Å². The number of nitrogens with zero attached hydrogens (tertiary/aromatic N) is 1. The van der Waals surface area contributed by atoms with Crippen molar-refractivity contribution in [3.8, 4) is 0 Å². The number of ketones is 2. The minimum atomic E-state index is -0.286. The van der Waals surface area contributed by atoms with Crippen molar-refractivity contribution in [3.05, 3.63) is 29.0 Å². The first kappa shape index (κ1) is 9.86.